The smallest absolute Gasteiger partial charge is 0.153 e. The molecule has 0 atom stereocenters. The molecule has 0 fully saturated rings. The van der Waals surface area contributed by atoms with E-state index in [1.54, 1.807) is 6.20 Å². The average Bonchev–Trinajstić information content (AvgIpc) is 2.21. The highest BCUT2D eigenvalue weighted by atomic mass is 15.2. The maximum absolute atomic E-state index is 4.30. The number of anilines is 1. The molecule has 1 aromatic rings. The summed E-state index contributed by atoms with van der Waals surface area (Å²) in [5.41, 5.74) is 0. The predicted molar refractivity (Wildman–Crippen MR) is 50.8 cm³/mol. The molecule has 2 heterocycles. The third-order valence-corrected chi connectivity index (χ3v) is 1.73. The fraction of sp³-hybridized carbons (Fsp3) is 0.375. The molecule has 0 aromatic carbocycles. The van der Waals surface area contributed by atoms with Crippen LogP contribution in [0.1, 0.15) is 0 Å². The fourth-order valence-electron chi connectivity index (χ4n) is 1.13. The van der Waals surface area contributed by atoms with Gasteiger partial charge in [-0.3, -0.25) is 4.99 Å². The first kappa shape index (κ1) is 8.12. The second-order valence-electron chi connectivity index (χ2n) is 2.74. The highest BCUT2D eigenvalue weighted by molar-refractivity contribution is 5.96. The Bertz CT molecular complexity index is 295. The number of aromatic nitrogens is 2. The zero-order valence-corrected chi connectivity index (χ0v) is 7.20. The van der Waals surface area contributed by atoms with Crippen LogP contribution in [0.2, 0.25) is 0 Å². The maximum Gasteiger partial charge on any atom is 0.153 e. The van der Waals surface area contributed by atoms with E-state index in [-0.39, 0.29) is 0 Å². The number of amidine groups is 1. The summed E-state index contributed by atoms with van der Waals surface area (Å²) in [6, 6.07) is 3.70. The van der Waals surface area contributed by atoms with Crippen LogP contribution in [-0.4, -0.2) is 35.7 Å². The van der Waals surface area contributed by atoms with Crippen LogP contribution in [0.3, 0.4) is 0 Å². The van der Waals surface area contributed by atoms with Gasteiger partial charge >= 0.3 is 0 Å². The Morgan fingerprint density at radius 2 is 2.46 bits per heavy atom. The summed E-state index contributed by atoms with van der Waals surface area (Å²) in [4.78, 5) is 4.30. The molecular weight excluding hydrogens is 166 g/mol. The van der Waals surface area contributed by atoms with E-state index in [4.69, 9.17) is 0 Å². The third kappa shape index (κ3) is 2.22. The molecular formula is C8H11N5. The molecule has 0 amide bonds. The van der Waals surface area contributed by atoms with Gasteiger partial charge in [-0.05, 0) is 12.1 Å². The van der Waals surface area contributed by atoms with Crippen LogP contribution < -0.4 is 10.6 Å². The molecule has 5 heteroatoms. The highest BCUT2D eigenvalue weighted by Crippen LogP contribution is 1.98. The Morgan fingerprint density at radius 3 is 3.15 bits per heavy atom. The van der Waals surface area contributed by atoms with E-state index in [1.165, 1.54) is 0 Å². The molecule has 0 unspecified atom stereocenters. The summed E-state index contributed by atoms with van der Waals surface area (Å²) >= 11 is 0. The zero-order chi connectivity index (χ0) is 8.93. The number of nitrogens with one attached hydrogen (secondary N) is 2. The van der Waals surface area contributed by atoms with Gasteiger partial charge in [-0.25, -0.2) is 0 Å². The van der Waals surface area contributed by atoms with Crippen molar-refractivity contribution >= 4 is 11.7 Å². The topological polar surface area (TPSA) is 62.2 Å². The summed E-state index contributed by atoms with van der Waals surface area (Å²) < 4.78 is 0. The number of hydrogen-bond donors (Lipinski definition) is 2. The van der Waals surface area contributed by atoms with E-state index in [0.717, 1.165) is 31.3 Å². The first-order valence-electron chi connectivity index (χ1n) is 4.24. The van der Waals surface area contributed by atoms with Crippen LogP contribution in [-0.2, 0) is 0 Å². The second kappa shape index (κ2) is 3.95. The van der Waals surface area contributed by atoms with E-state index < -0.39 is 0 Å². The lowest BCUT2D eigenvalue weighted by atomic mass is 10.4. The van der Waals surface area contributed by atoms with E-state index >= 15 is 0 Å². The van der Waals surface area contributed by atoms with Crippen LogP contribution in [0.15, 0.2) is 23.3 Å². The molecule has 5 nitrogen and oxygen atoms in total. The summed E-state index contributed by atoms with van der Waals surface area (Å²) in [6.45, 7) is 2.55. The van der Waals surface area contributed by atoms with E-state index in [1.807, 2.05) is 12.1 Å². The zero-order valence-electron chi connectivity index (χ0n) is 7.20. The maximum atomic E-state index is 4.30. The molecule has 0 saturated heterocycles. The molecule has 1 aliphatic heterocycles. The first-order valence-corrected chi connectivity index (χ1v) is 4.24. The standard InChI is InChI=1S/C8H11N5/c1-2-7(13-11-3-1)12-8-6-9-4-5-10-8/h1-3,9H,4-6H2,(H,10,12,13). The van der Waals surface area contributed by atoms with Gasteiger partial charge in [0.2, 0.25) is 0 Å². The van der Waals surface area contributed by atoms with Crippen molar-refractivity contribution in [2.75, 3.05) is 25.0 Å². The number of hydrogen-bond acceptors (Lipinski definition) is 5. The minimum atomic E-state index is 0.741. The van der Waals surface area contributed by atoms with Crippen LogP contribution in [0.5, 0.6) is 0 Å². The predicted octanol–water partition coefficient (Wildman–Crippen LogP) is -0.110. The summed E-state index contributed by atoms with van der Waals surface area (Å²) in [5, 5.41) is 14.0. The molecule has 0 aliphatic carbocycles. The SMILES string of the molecule is c1cnnc(NC2=NCCNC2)c1. The Kier molecular flexibility index (Phi) is 2.47. The van der Waals surface area contributed by atoms with Crippen molar-refractivity contribution in [3.63, 3.8) is 0 Å². The molecule has 2 rings (SSSR count). The fourth-order valence-corrected chi connectivity index (χ4v) is 1.13. The van der Waals surface area contributed by atoms with Gasteiger partial charge in [0, 0.05) is 12.7 Å². The molecule has 0 spiro atoms. The minimum Gasteiger partial charge on any atom is -0.326 e. The minimum absolute atomic E-state index is 0.741. The lowest BCUT2D eigenvalue weighted by Crippen LogP contribution is -2.35. The van der Waals surface area contributed by atoms with E-state index in [0.29, 0.717) is 0 Å². The van der Waals surface area contributed by atoms with Crippen molar-refractivity contribution in [1.82, 2.24) is 15.5 Å². The van der Waals surface area contributed by atoms with Crippen molar-refractivity contribution in [3.05, 3.63) is 18.3 Å². The third-order valence-electron chi connectivity index (χ3n) is 1.73. The van der Waals surface area contributed by atoms with Crippen LogP contribution in [0.25, 0.3) is 0 Å². The molecule has 0 radical (unpaired) electrons. The van der Waals surface area contributed by atoms with Gasteiger partial charge in [-0.2, -0.15) is 5.10 Å². The molecule has 0 bridgehead atoms. The lowest BCUT2D eigenvalue weighted by Gasteiger charge is -2.13. The number of aliphatic imine (C=N–C) groups is 1. The van der Waals surface area contributed by atoms with Crippen molar-refractivity contribution in [2.24, 2.45) is 4.99 Å². The Balaban J connectivity index is 2.01. The summed E-state index contributed by atoms with van der Waals surface area (Å²) in [5.74, 6) is 1.66. The van der Waals surface area contributed by atoms with Crippen molar-refractivity contribution in [3.8, 4) is 0 Å². The van der Waals surface area contributed by atoms with Crippen LogP contribution >= 0.6 is 0 Å². The van der Waals surface area contributed by atoms with Gasteiger partial charge in [-0.1, -0.05) is 0 Å². The molecule has 68 valence electrons. The van der Waals surface area contributed by atoms with Gasteiger partial charge in [0.1, 0.15) is 5.84 Å². The second-order valence-corrected chi connectivity index (χ2v) is 2.74. The number of rotatable bonds is 1. The first-order chi connectivity index (χ1) is 6.45. The van der Waals surface area contributed by atoms with E-state index in [2.05, 4.69) is 25.8 Å². The van der Waals surface area contributed by atoms with Crippen LogP contribution in [0.4, 0.5) is 5.82 Å². The quantitative estimate of drug-likeness (QED) is 0.628. The van der Waals surface area contributed by atoms with Gasteiger partial charge in [0.25, 0.3) is 0 Å². The largest absolute Gasteiger partial charge is 0.326 e. The van der Waals surface area contributed by atoms with Crippen molar-refractivity contribution < 1.29 is 0 Å². The summed E-state index contributed by atoms with van der Waals surface area (Å²) in [6.07, 6.45) is 1.64. The average molecular weight is 177 g/mol. The highest BCUT2D eigenvalue weighted by Gasteiger charge is 2.04. The molecule has 0 saturated carbocycles. The van der Waals surface area contributed by atoms with Gasteiger partial charge < -0.3 is 10.6 Å². The normalized spacial score (nSPS) is 16.5. The molecule has 13 heavy (non-hydrogen) atoms. The van der Waals surface area contributed by atoms with Gasteiger partial charge in [0.15, 0.2) is 5.82 Å². The Labute approximate surface area is 76.3 Å². The van der Waals surface area contributed by atoms with Gasteiger partial charge in [-0.15, -0.1) is 5.10 Å². The monoisotopic (exact) mass is 177 g/mol. The summed E-state index contributed by atoms with van der Waals surface area (Å²) in [7, 11) is 0. The van der Waals surface area contributed by atoms with E-state index in [9.17, 15) is 0 Å². The molecule has 1 aromatic heterocycles. The van der Waals surface area contributed by atoms with Gasteiger partial charge in [0.05, 0.1) is 13.1 Å². The van der Waals surface area contributed by atoms with Crippen LogP contribution in [0, 0.1) is 0 Å². The lowest BCUT2D eigenvalue weighted by molar-refractivity contribution is 0.734. The van der Waals surface area contributed by atoms with Crippen molar-refractivity contribution in [1.29, 1.82) is 0 Å². The molecule has 1 aliphatic rings. The van der Waals surface area contributed by atoms with Crippen molar-refractivity contribution in [2.45, 2.75) is 0 Å². The number of nitrogens with zero attached hydrogens (tertiary/aromatic N) is 3. The Hall–Kier alpha value is -1.49. The Morgan fingerprint density at radius 1 is 1.46 bits per heavy atom. The molecule has 2 N–H and O–H groups in total.